The number of piperazine rings is 1. The first-order chi connectivity index (χ1) is 11.2. The Morgan fingerprint density at radius 2 is 2.00 bits per heavy atom. The molecule has 1 saturated heterocycles. The van der Waals surface area contributed by atoms with Gasteiger partial charge in [0.1, 0.15) is 5.75 Å². The van der Waals surface area contributed by atoms with Crippen LogP contribution in [0.5, 0.6) is 5.75 Å². The van der Waals surface area contributed by atoms with E-state index >= 15 is 0 Å². The van der Waals surface area contributed by atoms with Gasteiger partial charge in [0.15, 0.2) is 0 Å². The van der Waals surface area contributed by atoms with Crippen LogP contribution < -0.4 is 9.64 Å². The van der Waals surface area contributed by atoms with Crippen molar-refractivity contribution in [1.82, 2.24) is 9.88 Å². The maximum atomic E-state index is 6.23. The third kappa shape index (κ3) is 3.77. The van der Waals surface area contributed by atoms with Gasteiger partial charge in [0.05, 0.1) is 12.1 Å². The summed E-state index contributed by atoms with van der Waals surface area (Å²) in [5.41, 5.74) is 2.39. The van der Waals surface area contributed by atoms with Gasteiger partial charge in [-0.3, -0.25) is 9.88 Å². The lowest BCUT2D eigenvalue weighted by atomic mass is 10.1. The Morgan fingerprint density at radius 3 is 2.65 bits per heavy atom. The SMILES string of the molecule is COc1ccc(N2CCN(Cc3ccncc3Cl)[C@H](C)C2)cc1. The summed E-state index contributed by atoms with van der Waals surface area (Å²) in [4.78, 5) is 8.95. The topological polar surface area (TPSA) is 28.6 Å². The summed E-state index contributed by atoms with van der Waals surface area (Å²) in [5.74, 6) is 0.896. The number of halogens is 1. The number of aromatic nitrogens is 1. The Labute approximate surface area is 142 Å². The number of hydrogen-bond acceptors (Lipinski definition) is 4. The quantitative estimate of drug-likeness (QED) is 0.858. The van der Waals surface area contributed by atoms with Gasteiger partial charge >= 0.3 is 0 Å². The highest BCUT2D eigenvalue weighted by Gasteiger charge is 2.24. The normalized spacial score (nSPS) is 18.9. The molecule has 0 unspecified atom stereocenters. The molecule has 23 heavy (non-hydrogen) atoms. The van der Waals surface area contributed by atoms with E-state index in [2.05, 4.69) is 33.8 Å². The molecule has 0 amide bonds. The molecule has 0 bridgehead atoms. The summed E-state index contributed by atoms with van der Waals surface area (Å²) in [5, 5.41) is 0.747. The molecule has 2 heterocycles. The Hall–Kier alpha value is -1.78. The monoisotopic (exact) mass is 331 g/mol. The highest BCUT2D eigenvalue weighted by Crippen LogP contribution is 2.24. The lowest BCUT2D eigenvalue weighted by Gasteiger charge is -2.41. The number of anilines is 1. The van der Waals surface area contributed by atoms with Crippen LogP contribution in [0.4, 0.5) is 5.69 Å². The van der Waals surface area contributed by atoms with E-state index in [1.165, 1.54) is 5.69 Å². The Morgan fingerprint density at radius 1 is 1.22 bits per heavy atom. The Bertz CT molecular complexity index is 647. The molecular formula is C18H22ClN3O. The summed E-state index contributed by atoms with van der Waals surface area (Å²) in [6.45, 7) is 6.18. The van der Waals surface area contributed by atoms with E-state index in [1.807, 2.05) is 18.2 Å². The summed E-state index contributed by atoms with van der Waals surface area (Å²) < 4.78 is 5.23. The van der Waals surface area contributed by atoms with Crippen LogP contribution in [0.1, 0.15) is 12.5 Å². The molecular weight excluding hydrogens is 310 g/mol. The third-order valence-electron chi connectivity index (χ3n) is 4.43. The van der Waals surface area contributed by atoms with Gasteiger partial charge in [0, 0.05) is 50.3 Å². The molecule has 1 aliphatic rings. The van der Waals surface area contributed by atoms with Gasteiger partial charge < -0.3 is 9.64 Å². The molecule has 3 rings (SSSR count). The van der Waals surface area contributed by atoms with Crippen LogP contribution in [-0.4, -0.2) is 42.7 Å². The lowest BCUT2D eigenvalue weighted by molar-refractivity contribution is 0.181. The van der Waals surface area contributed by atoms with E-state index in [0.717, 1.165) is 42.5 Å². The van der Waals surface area contributed by atoms with Crippen LogP contribution in [0.3, 0.4) is 0 Å². The molecule has 1 fully saturated rings. The number of benzene rings is 1. The molecule has 1 atom stereocenters. The highest BCUT2D eigenvalue weighted by atomic mass is 35.5. The van der Waals surface area contributed by atoms with Crippen molar-refractivity contribution < 1.29 is 4.74 Å². The second-order valence-corrected chi connectivity index (χ2v) is 6.34. The van der Waals surface area contributed by atoms with Crippen molar-refractivity contribution >= 4 is 17.3 Å². The summed E-state index contributed by atoms with van der Waals surface area (Å²) in [6.07, 6.45) is 3.52. The third-order valence-corrected chi connectivity index (χ3v) is 4.77. The van der Waals surface area contributed by atoms with Crippen LogP contribution in [0.25, 0.3) is 0 Å². The number of pyridine rings is 1. The van der Waals surface area contributed by atoms with Gasteiger partial charge in [-0.2, -0.15) is 0 Å². The van der Waals surface area contributed by atoms with Crippen molar-refractivity contribution in [3.63, 3.8) is 0 Å². The molecule has 0 saturated carbocycles. The smallest absolute Gasteiger partial charge is 0.119 e. The Balaban J connectivity index is 1.63. The van der Waals surface area contributed by atoms with Crippen molar-refractivity contribution in [3.8, 4) is 5.75 Å². The second-order valence-electron chi connectivity index (χ2n) is 5.93. The summed E-state index contributed by atoms with van der Waals surface area (Å²) in [7, 11) is 1.69. The predicted molar refractivity (Wildman–Crippen MR) is 94.3 cm³/mol. The van der Waals surface area contributed by atoms with Crippen molar-refractivity contribution in [1.29, 1.82) is 0 Å². The van der Waals surface area contributed by atoms with Crippen molar-refractivity contribution in [3.05, 3.63) is 53.3 Å². The average molecular weight is 332 g/mol. The van der Waals surface area contributed by atoms with Crippen LogP contribution in [-0.2, 0) is 6.54 Å². The fourth-order valence-electron chi connectivity index (χ4n) is 3.01. The van der Waals surface area contributed by atoms with Crippen molar-refractivity contribution in [2.24, 2.45) is 0 Å². The molecule has 0 aliphatic carbocycles. The molecule has 5 heteroatoms. The van der Waals surface area contributed by atoms with E-state index in [1.54, 1.807) is 19.5 Å². The van der Waals surface area contributed by atoms with Crippen molar-refractivity contribution in [2.75, 3.05) is 31.6 Å². The average Bonchev–Trinajstić information content (AvgIpc) is 2.58. The highest BCUT2D eigenvalue weighted by molar-refractivity contribution is 6.31. The molecule has 1 aromatic carbocycles. The van der Waals surface area contributed by atoms with E-state index in [9.17, 15) is 0 Å². The molecule has 0 N–H and O–H groups in total. The van der Waals surface area contributed by atoms with Crippen LogP contribution in [0.2, 0.25) is 5.02 Å². The maximum absolute atomic E-state index is 6.23. The zero-order valence-corrected chi connectivity index (χ0v) is 14.3. The number of ether oxygens (including phenoxy) is 1. The van der Waals surface area contributed by atoms with Gasteiger partial charge in [-0.05, 0) is 42.8 Å². The number of nitrogens with zero attached hydrogens (tertiary/aromatic N) is 3. The van der Waals surface area contributed by atoms with E-state index < -0.39 is 0 Å². The molecule has 122 valence electrons. The predicted octanol–water partition coefficient (Wildman–Crippen LogP) is 3.45. The van der Waals surface area contributed by atoms with Crippen LogP contribution in [0, 0.1) is 0 Å². The summed E-state index contributed by atoms with van der Waals surface area (Å²) >= 11 is 6.23. The molecule has 0 spiro atoms. The minimum absolute atomic E-state index is 0.468. The first-order valence-electron chi connectivity index (χ1n) is 7.89. The first kappa shape index (κ1) is 16.1. The zero-order chi connectivity index (χ0) is 16.2. The standard InChI is InChI=1S/C18H22ClN3O/c1-14-12-22(16-3-5-17(23-2)6-4-16)10-9-21(14)13-15-7-8-20-11-18(15)19/h3-8,11,14H,9-10,12-13H2,1-2H3/t14-/m1/s1. The Kier molecular flexibility index (Phi) is 5.03. The van der Waals surface area contributed by atoms with Crippen LogP contribution in [0.15, 0.2) is 42.7 Å². The lowest BCUT2D eigenvalue weighted by Crippen LogP contribution is -2.51. The number of hydrogen-bond donors (Lipinski definition) is 0. The van der Waals surface area contributed by atoms with Gasteiger partial charge in [0.25, 0.3) is 0 Å². The van der Waals surface area contributed by atoms with Gasteiger partial charge in [-0.15, -0.1) is 0 Å². The van der Waals surface area contributed by atoms with Crippen molar-refractivity contribution in [2.45, 2.75) is 19.5 Å². The molecule has 0 radical (unpaired) electrons. The van der Waals surface area contributed by atoms with E-state index in [4.69, 9.17) is 16.3 Å². The molecule has 2 aromatic rings. The van der Waals surface area contributed by atoms with E-state index in [-0.39, 0.29) is 0 Å². The van der Waals surface area contributed by atoms with Gasteiger partial charge in [-0.25, -0.2) is 0 Å². The molecule has 4 nitrogen and oxygen atoms in total. The minimum Gasteiger partial charge on any atom is -0.497 e. The maximum Gasteiger partial charge on any atom is 0.119 e. The minimum atomic E-state index is 0.468. The number of methoxy groups -OCH3 is 1. The summed E-state index contributed by atoms with van der Waals surface area (Å²) in [6, 6.07) is 10.8. The fourth-order valence-corrected chi connectivity index (χ4v) is 3.19. The first-order valence-corrected chi connectivity index (χ1v) is 8.26. The molecule has 1 aromatic heterocycles. The van der Waals surface area contributed by atoms with Gasteiger partial charge in [-0.1, -0.05) is 11.6 Å². The van der Waals surface area contributed by atoms with E-state index in [0.29, 0.717) is 6.04 Å². The fraction of sp³-hybridized carbons (Fsp3) is 0.389. The van der Waals surface area contributed by atoms with Gasteiger partial charge in [0.2, 0.25) is 0 Å². The van der Waals surface area contributed by atoms with Crippen LogP contribution >= 0.6 is 11.6 Å². The molecule has 1 aliphatic heterocycles. The second kappa shape index (κ2) is 7.20. The largest absolute Gasteiger partial charge is 0.497 e. The zero-order valence-electron chi connectivity index (χ0n) is 13.6. The number of rotatable bonds is 4.